The number of para-hydroxylation sites is 1. The first-order chi connectivity index (χ1) is 15.8. The van der Waals surface area contributed by atoms with Gasteiger partial charge in [0.05, 0.1) is 0 Å². The molecule has 0 aliphatic rings. The molecule has 1 N–H and O–H groups in total. The maximum Gasteiger partial charge on any atom is 0.408 e. The molecule has 33 heavy (non-hydrogen) atoms. The number of amides is 1. The van der Waals surface area contributed by atoms with Gasteiger partial charge in [0.25, 0.3) is 0 Å². The average molecular weight is 448 g/mol. The van der Waals surface area contributed by atoms with Crippen LogP contribution in [0.15, 0.2) is 84.9 Å². The lowest BCUT2D eigenvalue weighted by Gasteiger charge is -2.23. The number of benzene rings is 3. The van der Waals surface area contributed by atoms with Gasteiger partial charge in [-0.3, -0.25) is 0 Å². The Morgan fingerprint density at radius 2 is 1.42 bits per heavy atom. The fourth-order valence-corrected chi connectivity index (χ4v) is 3.07. The molecular weight excluding hydrogens is 418 g/mol. The second-order valence-corrected chi connectivity index (χ2v) is 8.56. The Balaban J connectivity index is 1.71. The summed E-state index contributed by atoms with van der Waals surface area (Å²) in [6, 6.07) is 25.3. The zero-order valence-corrected chi connectivity index (χ0v) is 19.1. The van der Waals surface area contributed by atoms with Gasteiger partial charge in [0.1, 0.15) is 29.7 Å². The number of carbonyl (C=O) groups excluding carboxylic acids is 2. The van der Waals surface area contributed by atoms with E-state index in [1.54, 1.807) is 20.8 Å². The molecule has 0 spiro atoms. The molecule has 0 aromatic heterocycles. The van der Waals surface area contributed by atoms with Gasteiger partial charge in [-0.15, -0.1) is 0 Å². The minimum Gasteiger partial charge on any atom is -0.459 e. The standard InChI is InChI=1S/C27H29NO5/c1-27(2,3)33-26(30)28-24(25(29)31-19-20-11-6-4-7-12-20)18-21-13-10-16-23(17-21)32-22-14-8-5-9-15-22/h4-17,24H,18-19H2,1-3H3,(H,28,30). The first-order valence-corrected chi connectivity index (χ1v) is 10.8. The molecule has 0 radical (unpaired) electrons. The van der Waals surface area contributed by atoms with E-state index in [4.69, 9.17) is 14.2 Å². The van der Waals surface area contributed by atoms with Gasteiger partial charge in [0, 0.05) is 6.42 Å². The van der Waals surface area contributed by atoms with Crippen LogP contribution in [-0.2, 0) is 27.3 Å². The van der Waals surface area contributed by atoms with Crippen molar-refractivity contribution in [3.63, 3.8) is 0 Å². The van der Waals surface area contributed by atoms with Crippen molar-refractivity contribution in [3.05, 3.63) is 96.1 Å². The van der Waals surface area contributed by atoms with Gasteiger partial charge in [-0.2, -0.15) is 0 Å². The van der Waals surface area contributed by atoms with Crippen LogP contribution in [0.3, 0.4) is 0 Å². The van der Waals surface area contributed by atoms with E-state index in [0.29, 0.717) is 11.5 Å². The first kappa shape index (κ1) is 23.9. The molecule has 0 aliphatic carbocycles. The number of hydrogen-bond donors (Lipinski definition) is 1. The van der Waals surface area contributed by atoms with Crippen molar-refractivity contribution in [2.45, 2.75) is 45.4 Å². The summed E-state index contributed by atoms with van der Waals surface area (Å²) in [6.45, 7) is 5.41. The van der Waals surface area contributed by atoms with Crippen molar-refractivity contribution in [1.29, 1.82) is 0 Å². The van der Waals surface area contributed by atoms with Gasteiger partial charge in [0.15, 0.2) is 0 Å². The zero-order chi connectivity index (χ0) is 23.7. The lowest BCUT2D eigenvalue weighted by Crippen LogP contribution is -2.45. The van der Waals surface area contributed by atoms with Crippen LogP contribution in [0, 0.1) is 0 Å². The monoisotopic (exact) mass is 447 g/mol. The molecule has 0 fully saturated rings. The number of ether oxygens (including phenoxy) is 3. The van der Waals surface area contributed by atoms with Crippen LogP contribution in [-0.4, -0.2) is 23.7 Å². The first-order valence-electron chi connectivity index (χ1n) is 10.8. The smallest absolute Gasteiger partial charge is 0.408 e. The van der Waals surface area contributed by atoms with Crippen LogP contribution in [0.1, 0.15) is 31.9 Å². The molecule has 6 heteroatoms. The van der Waals surface area contributed by atoms with Crippen molar-refractivity contribution >= 4 is 12.1 Å². The van der Waals surface area contributed by atoms with E-state index in [0.717, 1.165) is 11.1 Å². The highest BCUT2D eigenvalue weighted by molar-refractivity contribution is 5.81. The number of carbonyl (C=O) groups is 2. The highest BCUT2D eigenvalue weighted by Crippen LogP contribution is 2.22. The predicted octanol–water partition coefficient (Wildman–Crippen LogP) is 5.66. The third-order valence-electron chi connectivity index (χ3n) is 4.52. The Morgan fingerprint density at radius 1 is 0.818 bits per heavy atom. The van der Waals surface area contributed by atoms with E-state index < -0.39 is 23.7 Å². The van der Waals surface area contributed by atoms with Crippen molar-refractivity contribution in [2.75, 3.05) is 0 Å². The Hall–Kier alpha value is -3.80. The van der Waals surface area contributed by atoms with Crippen LogP contribution in [0.25, 0.3) is 0 Å². The molecule has 172 valence electrons. The summed E-state index contributed by atoms with van der Waals surface area (Å²) in [7, 11) is 0. The highest BCUT2D eigenvalue weighted by Gasteiger charge is 2.26. The van der Waals surface area contributed by atoms with Gasteiger partial charge < -0.3 is 19.5 Å². The van der Waals surface area contributed by atoms with E-state index in [-0.39, 0.29) is 13.0 Å². The molecule has 0 heterocycles. The topological polar surface area (TPSA) is 73.9 Å². The Kier molecular flexibility index (Phi) is 8.08. The molecule has 6 nitrogen and oxygen atoms in total. The van der Waals surface area contributed by atoms with E-state index in [1.807, 2.05) is 84.9 Å². The molecule has 1 amide bonds. The number of alkyl carbamates (subject to hydrolysis) is 1. The quantitative estimate of drug-likeness (QED) is 0.451. The molecule has 3 aromatic carbocycles. The molecule has 0 aliphatic heterocycles. The summed E-state index contributed by atoms with van der Waals surface area (Å²) in [5.74, 6) is 0.798. The number of hydrogen-bond acceptors (Lipinski definition) is 5. The Morgan fingerprint density at radius 3 is 2.09 bits per heavy atom. The molecule has 1 unspecified atom stereocenters. The Labute approximate surface area is 194 Å². The molecule has 3 aromatic rings. The van der Waals surface area contributed by atoms with Crippen LogP contribution >= 0.6 is 0 Å². The van der Waals surface area contributed by atoms with Gasteiger partial charge >= 0.3 is 12.1 Å². The lowest BCUT2D eigenvalue weighted by molar-refractivity contribution is -0.147. The molecule has 3 rings (SSSR count). The van der Waals surface area contributed by atoms with Crippen LogP contribution in [0.5, 0.6) is 11.5 Å². The largest absolute Gasteiger partial charge is 0.459 e. The van der Waals surface area contributed by atoms with Gasteiger partial charge in [-0.1, -0.05) is 60.7 Å². The van der Waals surface area contributed by atoms with Crippen molar-refractivity contribution in [1.82, 2.24) is 5.32 Å². The highest BCUT2D eigenvalue weighted by atomic mass is 16.6. The predicted molar refractivity (Wildman–Crippen MR) is 126 cm³/mol. The third-order valence-corrected chi connectivity index (χ3v) is 4.52. The molecule has 0 saturated heterocycles. The van der Waals surface area contributed by atoms with Crippen molar-refractivity contribution < 1.29 is 23.8 Å². The normalized spacial score (nSPS) is 11.8. The summed E-state index contributed by atoms with van der Waals surface area (Å²) in [4.78, 5) is 25.3. The van der Waals surface area contributed by atoms with E-state index in [1.165, 1.54) is 0 Å². The average Bonchev–Trinajstić information content (AvgIpc) is 2.77. The van der Waals surface area contributed by atoms with Crippen LogP contribution in [0.2, 0.25) is 0 Å². The number of rotatable bonds is 8. The fraction of sp³-hybridized carbons (Fsp3) is 0.259. The van der Waals surface area contributed by atoms with E-state index in [2.05, 4.69) is 5.32 Å². The summed E-state index contributed by atoms with van der Waals surface area (Å²) in [6.07, 6.45) is -0.459. The molecule has 0 saturated carbocycles. The molecular formula is C27H29NO5. The summed E-state index contributed by atoms with van der Waals surface area (Å²) < 4.78 is 16.7. The van der Waals surface area contributed by atoms with E-state index >= 15 is 0 Å². The fourth-order valence-electron chi connectivity index (χ4n) is 3.07. The molecule has 0 bridgehead atoms. The second-order valence-electron chi connectivity index (χ2n) is 8.56. The SMILES string of the molecule is CC(C)(C)OC(=O)NC(Cc1cccc(Oc2ccccc2)c1)C(=O)OCc1ccccc1. The van der Waals surface area contributed by atoms with Crippen LogP contribution < -0.4 is 10.1 Å². The molecule has 1 atom stereocenters. The van der Waals surface area contributed by atoms with Gasteiger partial charge in [0.2, 0.25) is 0 Å². The van der Waals surface area contributed by atoms with Crippen molar-refractivity contribution in [3.8, 4) is 11.5 Å². The lowest BCUT2D eigenvalue weighted by atomic mass is 10.1. The van der Waals surface area contributed by atoms with E-state index in [9.17, 15) is 9.59 Å². The maximum absolute atomic E-state index is 12.9. The number of nitrogens with one attached hydrogen (secondary N) is 1. The van der Waals surface area contributed by atoms with Gasteiger partial charge in [-0.25, -0.2) is 9.59 Å². The van der Waals surface area contributed by atoms with Crippen molar-refractivity contribution in [2.24, 2.45) is 0 Å². The van der Waals surface area contributed by atoms with Crippen LogP contribution in [0.4, 0.5) is 4.79 Å². The summed E-state index contributed by atoms with van der Waals surface area (Å²) >= 11 is 0. The minimum absolute atomic E-state index is 0.114. The summed E-state index contributed by atoms with van der Waals surface area (Å²) in [5.41, 5.74) is 0.979. The third kappa shape index (κ3) is 8.33. The second kappa shape index (κ2) is 11.2. The Bertz CT molecular complexity index is 1040. The maximum atomic E-state index is 12.9. The zero-order valence-electron chi connectivity index (χ0n) is 19.1. The summed E-state index contributed by atoms with van der Waals surface area (Å²) in [5, 5.41) is 2.65. The van der Waals surface area contributed by atoms with Gasteiger partial charge in [-0.05, 0) is 56.2 Å². The number of esters is 1. The minimum atomic E-state index is -0.921.